The first kappa shape index (κ1) is 17.0. The van der Waals surface area contributed by atoms with Gasteiger partial charge in [0.1, 0.15) is 24.1 Å². The average Bonchev–Trinajstić information content (AvgIpc) is 2.88. The van der Waals surface area contributed by atoms with Gasteiger partial charge in [0.2, 0.25) is 5.88 Å². The van der Waals surface area contributed by atoms with E-state index in [1.165, 1.54) is 18.6 Å². The lowest BCUT2D eigenvalue weighted by Gasteiger charge is -2.39. The Kier molecular flexibility index (Phi) is 4.17. The number of aromatic nitrogens is 2. The molecular weight excluding hydrogens is 340 g/mol. The Morgan fingerprint density at radius 3 is 2.69 bits per heavy atom. The maximum atomic E-state index is 13.7. The summed E-state index contributed by atoms with van der Waals surface area (Å²) >= 11 is 0. The Morgan fingerprint density at radius 2 is 1.96 bits per heavy atom. The summed E-state index contributed by atoms with van der Waals surface area (Å²) in [6.07, 6.45) is 5.67. The number of halogens is 2. The smallest absolute Gasteiger partial charge is 0.352 e. The minimum Gasteiger partial charge on any atom is -0.472 e. The number of rotatable bonds is 3. The number of fused-ring (bicyclic) bond motifs is 1. The van der Waals surface area contributed by atoms with Crippen molar-refractivity contribution in [1.82, 2.24) is 9.55 Å². The van der Waals surface area contributed by atoms with Crippen LogP contribution in [-0.4, -0.2) is 22.1 Å². The molecule has 0 unspecified atom stereocenters. The fourth-order valence-electron chi connectivity index (χ4n) is 4.11. The molecule has 138 valence electrons. The number of hydrogen-bond acceptors (Lipinski definition) is 4. The molecule has 1 spiro atoms. The van der Waals surface area contributed by atoms with Gasteiger partial charge in [-0.25, -0.2) is 13.6 Å². The Labute approximate surface area is 150 Å². The molecule has 7 heteroatoms. The summed E-state index contributed by atoms with van der Waals surface area (Å²) in [6, 6.07) is 5.04. The molecule has 1 aromatic heterocycles. The Morgan fingerprint density at radius 1 is 1.19 bits per heavy atom. The summed E-state index contributed by atoms with van der Waals surface area (Å²) in [5.41, 5.74) is -0.161. The second kappa shape index (κ2) is 6.37. The zero-order valence-electron chi connectivity index (χ0n) is 14.7. The Bertz CT molecular complexity index is 891. The topological polar surface area (TPSA) is 47.4 Å². The molecule has 1 fully saturated rings. The lowest BCUT2D eigenvalue weighted by Crippen LogP contribution is -2.46. The predicted octanol–water partition coefficient (Wildman–Crippen LogP) is 3.25. The summed E-state index contributed by atoms with van der Waals surface area (Å²) in [4.78, 5) is 18.6. The van der Waals surface area contributed by atoms with E-state index in [4.69, 9.17) is 4.74 Å². The minimum atomic E-state index is -0.679. The van der Waals surface area contributed by atoms with Crippen LogP contribution in [0.1, 0.15) is 37.7 Å². The largest absolute Gasteiger partial charge is 0.472 e. The molecule has 2 aliphatic rings. The molecule has 0 N–H and O–H groups in total. The lowest BCUT2D eigenvalue weighted by atomic mass is 9.81. The normalized spacial score (nSPS) is 18.2. The van der Waals surface area contributed by atoms with E-state index < -0.39 is 11.6 Å². The van der Waals surface area contributed by atoms with E-state index in [1.54, 1.807) is 10.6 Å². The van der Waals surface area contributed by atoms with Crippen molar-refractivity contribution in [3.63, 3.8) is 0 Å². The van der Waals surface area contributed by atoms with Crippen molar-refractivity contribution in [2.75, 3.05) is 11.9 Å². The molecular formula is C19H21F2N3O2. The molecule has 5 nitrogen and oxygen atoms in total. The van der Waals surface area contributed by atoms with E-state index in [-0.39, 0.29) is 29.3 Å². The zero-order chi connectivity index (χ0) is 18.3. The van der Waals surface area contributed by atoms with E-state index >= 15 is 0 Å². The molecule has 26 heavy (non-hydrogen) atoms. The van der Waals surface area contributed by atoms with Gasteiger partial charge in [-0.3, -0.25) is 4.57 Å². The van der Waals surface area contributed by atoms with Crippen molar-refractivity contribution in [2.45, 2.75) is 50.8 Å². The number of benzene rings is 1. The molecule has 0 bridgehead atoms. The van der Waals surface area contributed by atoms with Gasteiger partial charge in [-0.05, 0) is 25.0 Å². The van der Waals surface area contributed by atoms with E-state index in [0.29, 0.717) is 6.54 Å². The van der Waals surface area contributed by atoms with E-state index in [9.17, 15) is 13.6 Å². The maximum absolute atomic E-state index is 13.7. The van der Waals surface area contributed by atoms with E-state index in [1.807, 2.05) is 7.05 Å². The number of anilines is 1. The van der Waals surface area contributed by atoms with Crippen LogP contribution in [0.4, 0.5) is 14.6 Å². The van der Waals surface area contributed by atoms with Crippen LogP contribution in [0.15, 0.2) is 29.1 Å². The second-order valence-corrected chi connectivity index (χ2v) is 7.19. The third kappa shape index (κ3) is 2.85. The maximum Gasteiger partial charge on any atom is 0.352 e. The number of ether oxygens (including phenoxy) is 1. The van der Waals surface area contributed by atoms with Gasteiger partial charge in [0.15, 0.2) is 0 Å². The number of hydrogen-bond donors (Lipinski definition) is 0. The summed E-state index contributed by atoms with van der Waals surface area (Å²) in [6.45, 7) is 0.536. The Balaban J connectivity index is 1.57. The van der Waals surface area contributed by atoms with Crippen molar-refractivity contribution < 1.29 is 13.5 Å². The summed E-state index contributed by atoms with van der Waals surface area (Å²) in [5.74, 6) is -0.383. The lowest BCUT2D eigenvalue weighted by molar-refractivity contribution is 0.275. The summed E-state index contributed by atoms with van der Waals surface area (Å²) in [7, 11) is 2.01. The van der Waals surface area contributed by atoms with Gasteiger partial charge < -0.3 is 9.64 Å². The third-order valence-electron chi connectivity index (χ3n) is 5.65. The van der Waals surface area contributed by atoms with E-state index in [2.05, 4.69) is 9.88 Å². The summed E-state index contributed by atoms with van der Waals surface area (Å²) in [5, 5.41) is 0. The molecule has 2 aromatic rings. The predicted molar refractivity (Wildman–Crippen MR) is 93.4 cm³/mol. The van der Waals surface area contributed by atoms with Crippen molar-refractivity contribution in [1.29, 1.82) is 0 Å². The van der Waals surface area contributed by atoms with Crippen LogP contribution in [-0.2, 0) is 13.2 Å². The fourth-order valence-corrected chi connectivity index (χ4v) is 4.11. The van der Waals surface area contributed by atoms with Crippen LogP contribution in [0.2, 0.25) is 0 Å². The molecule has 2 heterocycles. The SMILES string of the molecule is CN1c2cc(OCc3ccc(F)cc3F)nc(=O)n2CC12CCCCC2. The van der Waals surface area contributed by atoms with Gasteiger partial charge in [0.05, 0.1) is 12.1 Å². The zero-order valence-corrected chi connectivity index (χ0v) is 14.7. The molecule has 4 rings (SSSR count). The molecule has 1 aliphatic carbocycles. The molecule has 1 aliphatic heterocycles. The first-order valence-corrected chi connectivity index (χ1v) is 8.91. The highest BCUT2D eigenvalue weighted by molar-refractivity contribution is 5.48. The first-order valence-electron chi connectivity index (χ1n) is 8.91. The quantitative estimate of drug-likeness (QED) is 0.842. The van der Waals surface area contributed by atoms with Gasteiger partial charge in [0.25, 0.3) is 0 Å². The van der Waals surface area contributed by atoms with Gasteiger partial charge in [0, 0.05) is 24.7 Å². The number of likely N-dealkylation sites (N-methyl/N-ethyl adjacent to an activating group) is 1. The van der Waals surface area contributed by atoms with Gasteiger partial charge in [-0.2, -0.15) is 4.98 Å². The van der Waals surface area contributed by atoms with Crippen molar-refractivity contribution in [3.8, 4) is 5.88 Å². The standard InChI is InChI=1S/C19H21F2N3O2/c1-23-17-10-16(26-11-13-5-6-14(20)9-15(13)21)22-18(25)24(17)12-19(23)7-3-2-4-8-19/h5-6,9-10H,2-4,7-8,11-12H2,1H3. The average molecular weight is 361 g/mol. The van der Waals surface area contributed by atoms with Gasteiger partial charge >= 0.3 is 5.69 Å². The second-order valence-electron chi connectivity index (χ2n) is 7.19. The van der Waals surface area contributed by atoms with Crippen LogP contribution in [0, 0.1) is 11.6 Å². The third-order valence-corrected chi connectivity index (χ3v) is 5.65. The molecule has 1 aromatic carbocycles. The van der Waals surface area contributed by atoms with Crippen LogP contribution < -0.4 is 15.3 Å². The van der Waals surface area contributed by atoms with Crippen LogP contribution >= 0.6 is 0 Å². The van der Waals surface area contributed by atoms with Crippen LogP contribution in [0.25, 0.3) is 0 Å². The fraction of sp³-hybridized carbons (Fsp3) is 0.474. The number of nitrogens with zero attached hydrogens (tertiary/aromatic N) is 3. The van der Waals surface area contributed by atoms with Crippen molar-refractivity contribution in [2.24, 2.45) is 0 Å². The molecule has 0 atom stereocenters. The minimum absolute atomic E-state index is 0.0201. The highest BCUT2D eigenvalue weighted by Gasteiger charge is 2.43. The van der Waals surface area contributed by atoms with Gasteiger partial charge in [-0.15, -0.1) is 0 Å². The van der Waals surface area contributed by atoms with Crippen molar-refractivity contribution >= 4 is 5.82 Å². The van der Waals surface area contributed by atoms with Crippen LogP contribution in [0.5, 0.6) is 5.88 Å². The molecule has 1 saturated carbocycles. The first-order chi connectivity index (χ1) is 12.5. The van der Waals surface area contributed by atoms with Crippen LogP contribution in [0.3, 0.4) is 0 Å². The molecule has 0 radical (unpaired) electrons. The highest BCUT2D eigenvalue weighted by Crippen LogP contribution is 2.41. The highest BCUT2D eigenvalue weighted by atomic mass is 19.1. The van der Waals surface area contributed by atoms with Gasteiger partial charge in [-0.1, -0.05) is 19.3 Å². The van der Waals surface area contributed by atoms with E-state index in [0.717, 1.165) is 37.6 Å². The molecule has 0 saturated heterocycles. The van der Waals surface area contributed by atoms with Crippen molar-refractivity contribution in [3.05, 3.63) is 51.9 Å². The monoisotopic (exact) mass is 361 g/mol. The summed E-state index contributed by atoms with van der Waals surface area (Å²) < 4.78 is 33.9. The Hall–Kier alpha value is -2.44. The molecule has 0 amide bonds.